The van der Waals surface area contributed by atoms with Crippen molar-refractivity contribution in [3.8, 4) is 0 Å². The van der Waals surface area contributed by atoms with Crippen molar-refractivity contribution < 1.29 is 29.3 Å². The lowest BCUT2D eigenvalue weighted by Gasteiger charge is -2.18. The van der Waals surface area contributed by atoms with E-state index in [4.69, 9.17) is 14.9 Å². The van der Waals surface area contributed by atoms with Gasteiger partial charge in [-0.3, -0.25) is 4.90 Å². The minimum Gasteiger partial charge on any atom is -0.480 e. The van der Waals surface area contributed by atoms with Crippen LogP contribution < -0.4 is 0 Å². The molecule has 0 aromatic heterocycles. The third-order valence-electron chi connectivity index (χ3n) is 2.46. The Balaban J connectivity index is 2.79. The van der Waals surface area contributed by atoms with Gasteiger partial charge in [-0.15, -0.1) is 0 Å². The van der Waals surface area contributed by atoms with Gasteiger partial charge in [-0.1, -0.05) is 0 Å². The Hall–Kier alpha value is -2.05. The fraction of sp³-hybridized carbons (Fsp3) is 0.583. The standard InChI is InChI=1S/C12H17NO6/c1-12(2,3)19-9(14)5-7-4-8(10(15)16)13(6-7)11(17)18/h5,8H,4,6H2,1-3H3,(H,15,16)(H,17,18)/b7-5-. The van der Waals surface area contributed by atoms with Crippen molar-refractivity contribution in [2.45, 2.75) is 38.8 Å². The number of carbonyl (C=O) groups excluding carboxylic acids is 1. The number of nitrogens with zero attached hydrogens (tertiary/aromatic N) is 1. The topological polar surface area (TPSA) is 104 Å². The van der Waals surface area contributed by atoms with E-state index in [-0.39, 0.29) is 13.0 Å². The number of likely N-dealkylation sites (tertiary alicyclic amines) is 1. The molecular weight excluding hydrogens is 254 g/mol. The van der Waals surface area contributed by atoms with Crippen LogP contribution >= 0.6 is 0 Å². The summed E-state index contributed by atoms with van der Waals surface area (Å²) in [6.45, 7) is 5.04. The molecule has 19 heavy (non-hydrogen) atoms. The van der Waals surface area contributed by atoms with Crippen molar-refractivity contribution in [1.29, 1.82) is 0 Å². The van der Waals surface area contributed by atoms with Crippen molar-refractivity contribution in [3.63, 3.8) is 0 Å². The summed E-state index contributed by atoms with van der Waals surface area (Å²) in [5.41, 5.74) is -0.213. The molecule has 106 valence electrons. The molecule has 0 aliphatic carbocycles. The zero-order valence-electron chi connectivity index (χ0n) is 11.0. The molecule has 1 unspecified atom stereocenters. The quantitative estimate of drug-likeness (QED) is 0.575. The molecule has 1 rings (SSSR count). The van der Waals surface area contributed by atoms with Gasteiger partial charge >= 0.3 is 18.0 Å². The monoisotopic (exact) mass is 271 g/mol. The van der Waals surface area contributed by atoms with Crippen molar-refractivity contribution >= 4 is 18.0 Å². The molecule has 1 aliphatic heterocycles. The lowest BCUT2D eigenvalue weighted by atomic mass is 10.1. The Labute approximate surface area is 110 Å². The highest BCUT2D eigenvalue weighted by molar-refractivity contribution is 5.85. The lowest BCUT2D eigenvalue weighted by molar-refractivity contribution is -0.148. The SMILES string of the molecule is CC(C)(C)OC(=O)/C=C1/CC(C(=O)O)N(C(=O)O)C1. The molecule has 1 fully saturated rings. The van der Waals surface area contributed by atoms with Gasteiger partial charge in [0.2, 0.25) is 0 Å². The Morgan fingerprint density at radius 3 is 2.26 bits per heavy atom. The van der Waals surface area contributed by atoms with Crippen LogP contribution in [-0.2, 0) is 14.3 Å². The number of carboxylic acid groups (broad SMARTS) is 2. The summed E-state index contributed by atoms with van der Waals surface area (Å²) in [4.78, 5) is 34.2. The van der Waals surface area contributed by atoms with E-state index in [0.717, 1.165) is 4.90 Å². The van der Waals surface area contributed by atoms with Gasteiger partial charge in [-0.25, -0.2) is 14.4 Å². The molecule has 7 nitrogen and oxygen atoms in total. The first-order chi connectivity index (χ1) is 8.60. The zero-order chi connectivity index (χ0) is 14.8. The van der Waals surface area contributed by atoms with E-state index in [9.17, 15) is 14.4 Å². The number of aliphatic carboxylic acids is 1. The highest BCUT2D eigenvalue weighted by atomic mass is 16.6. The average Bonchev–Trinajstić information content (AvgIpc) is 2.58. The summed E-state index contributed by atoms with van der Waals surface area (Å²) in [5.74, 6) is -1.83. The molecule has 1 heterocycles. The van der Waals surface area contributed by atoms with Crippen LogP contribution in [-0.4, -0.2) is 51.3 Å². The van der Waals surface area contributed by atoms with Crippen molar-refractivity contribution in [2.75, 3.05) is 6.54 Å². The minimum absolute atomic E-state index is 0.000869. The molecule has 1 atom stereocenters. The summed E-state index contributed by atoms with van der Waals surface area (Å²) in [6, 6.07) is -1.15. The van der Waals surface area contributed by atoms with E-state index < -0.39 is 29.7 Å². The molecule has 0 spiro atoms. The molecule has 7 heteroatoms. The van der Waals surface area contributed by atoms with E-state index >= 15 is 0 Å². The number of carboxylic acids is 1. The van der Waals surface area contributed by atoms with Gasteiger partial charge in [0.1, 0.15) is 11.6 Å². The number of rotatable bonds is 2. The molecule has 2 N–H and O–H groups in total. The number of carbonyl (C=O) groups is 3. The van der Waals surface area contributed by atoms with E-state index in [1.165, 1.54) is 6.08 Å². The van der Waals surface area contributed by atoms with Crippen LogP contribution in [0.3, 0.4) is 0 Å². The number of ether oxygens (including phenoxy) is 1. The maximum atomic E-state index is 11.6. The van der Waals surface area contributed by atoms with Crippen LogP contribution in [0.5, 0.6) is 0 Å². The van der Waals surface area contributed by atoms with E-state index in [1.807, 2.05) is 0 Å². The van der Waals surface area contributed by atoms with Crippen molar-refractivity contribution in [2.24, 2.45) is 0 Å². The van der Waals surface area contributed by atoms with Gasteiger partial charge in [0, 0.05) is 19.0 Å². The van der Waals surface area contributed by atoms with Crippen LogP contribution in [0.15, 0.2) is 11.6 Å². The van der Waals surface area contributed by atoms with Crippen LogP contribution in [0.2, 0.25) is 0 Å². The summed E-state index contributed by atoms with van der Waals surface area (Å²) < 4.78 is 5.06. The fourth-order valence-corrected chi connectivity index (χ4v) is 1.78. The van der Waals surface area contributed by atoms with Gasteiger partial charge in [-0.05, 0) is 26.3 Å². The Morgan fingerprint density at radius 2 is 1.89 bits per heavy atom. The van der Waals surface area contributed by atoms with E-state index in [2.05, 4.69) is 0 Å². The molecule has 1 aliphatic rings. The third-order valence-corrected chi connectivity index (χ3v) is 2.46. The van der Waals surface area contributed by atoms with Gasteiger partial charge < -0.3 is 14.9 Å². The second-order valence-electron chi connectivity index (χ2n) is 5.30. The zero-order valence-corrected chi connectivity index (χ0v) is 11.0. The number of hydrogen-bond acceptors (Lipinski definition) is 4. The van der Waals surface area contributed by atoms with E-state index in [1.54, 1.807) is 20.8 Å². The van der Waals surface area contributed by atoms with Crippen LogP contribution in [0.25, 0.3) is 0 Å². The maximum absolute atomic E-state index is 11.6. The third kappa shape index (κ3) is 4.27. The summed E-state index contributed by atoms with van der Waals surface area (Å²) in [5, 5.41) is 17.8. The van der Waals surface area contributed by atoms with Crippen LogP contribution in [0, 0.1) is 0 Å². The fourth-order valence-electron chi connectivity index (χ4n) is 1.78. The molecular formula is C12H17NO6. The number of esters is 1. The summed E-state index contributed by atoms with van der Waals surface area (Å²) >= 11 is 0. The van der Waals surface area contributed by atoms with Crippen molar-refractivity contribution in [1.82, 2.24) is 4.90 Å². The first-order valence-corrected chi connectivity index (χ1v) is 5.75. The smallest absolute Gasteiger partial charge is 0.408 e. The normalized spacial score (nSPS) is 21.5. The molecule has 0 aromatic rings. The first-order valence-electron chi connectivity index (χ1n) is 5.75. The first kappa shape index (κ1) is 15.0. The predicted octanol–water partition coefficient (Wildman–Crippen LogP) is 1.09. The molecule has 0 saturated carbocycles. The van der Waals surface area contributed by atoms with Gasteiger partial charge in [0.25, 0.3) is 0 Å². The van der Waals surface area contributed by atoms with Gasteiger partial charge in [0.05, 0.1) is 0 Å². The molecule has 1 amide bonds. The van der Waals surface area contributed by atoms with Crippen LogP contribution in [0.1, 0.15) is 27.2 Å². The van der Waals surface area contributed by atoms with Crippen LogP contribution in [0.4, 0.5) is 4.79 Å². The summed E-state index contributed by atoms with van der Waals surface area (Å²) in [7, 11) is 0. The minimum atomic E-state index is -1.32. The Morgan fingerprint density at radius 1 is 1.32 bits per heavy atom. The maximum Gasteiger partial charge on any atom is 0.408 e. The molecule has 1 saturated heterocycles. The Kier molecular flexibility index (Phi) is 4.18. The summed E-state index contributed by atoms with van der Waals surface area (Å²) in [6.07, 6.45) is -0.148. The highest BCUT2D eigenvalue weighted by Crippen LogP contribution is 2.23. The van der Waals surface area contributed by atoms with Gasteiger partial charge in [-0.2, -0.15) is 0 Å². The molecule has 0 radical (unpaired) electrons. The van der Waals surface area contributed by atoms with Crippen molar-refractivity contribution in [3.05, 3.63) is 11.6 Å². The molecule has 0 aromatic carbocycles. The predicted molar refractivity (Wildman–Crippen MR) is 64.7 cm³/mol. The Bertz CT molecular complexity index is 410. The number of amides is 1. The number of hydrogen-bond donors (Lipinski definition) is 2. The highest BCUT2D eigenvalue weighted by Gasteiger charge is 2.37. The van der Waals surface area contributed by atoms with E-state index in [0.29, 0.717) is 5.57 Å². The average molecular weight is 271 g/mol. The lowest BCUT2D eigenvalue weighted by Crippen LogP contribution is -2.39. The van der Waals surface area contributed by atoms with Gasteiger partial charge in [0.15, 0.2) is 0 Å². The largest absolute Gasteiger partial charge is 0.480 e. The second-order valence-corrected chi connectivity index (χ2v) is 5.30. The molecule has 0 bridgehead atoms. The second kappa shape index (κ2) is 5.29.